The molecule has 2 heterocycles. The molecule has 0 aliphatic carbocycles. The molecule has 0 bridgehead atoms. The summed E-state index contributed by atoms with van der Waals surface area (Å²) in [4.78, 5) is 16.9. The topological polar surface area (TPSA) is 44.8 Å². The summed E-state index contributed by atoms with van der Waals surface area (Å²) in [6.07, 6.45) is 1.99. The lowest BCUT2D eigenvalue weighted by molar-refractivity contribution is 0.211. The number of anilines is 1. The van der Waals surface area contributed by atoms with Crippen molar-refractivity contribution in [1.29, 1.82) is 0 Å². The number of ether oxygens (including phenoxy) is 1. The quantitative estimate of drug-likeness (QED) is 0.875. The molecule has 1 atom stereocenters. The van der Waals surface area contributed by atoms with E-state index in [1.54, 1.807) is 0 Å². The van der Waals surface area contributed by atoms with Gasteiger partial charge in [0.15, 0.2) is 0 Å². The van der Waals surface area contributed by atoms with Crippen LogP contribution in [0.4, 0.5) is 14.9 Å². The van der Waals surface area contributed by atoms with Crippen molar-refractivity contribution in [1.82, 2.24) is 9.80 Å². The van der Waals surface area contributed by atoms with Crippen LogP contribution >= 0.6 is 0 Å². The van der Waals surface area contributed by atoms with Crippen LogP contribution in [-0.4, -0.2) is 48.1 Å². The van der Waals surface area contributed by atoms with Gasteiger partial charge in [-0.05, 0) is 54.8 Å². The Morgan fingerprint density at radius 1 is 1.14 bits per heavy atom. The number of halogens is 1. The van der Waals surface area contributed by atoms with E-state index in [0.29, 0.717) is 6.54 Å². The zero-order chi connectivity index (χ0) is 19.5. The minimum atomic E-state index is -0.213. The monoisotopic (exact) mass is 383 g/mol. The third-order valence-electron chi connectivity index (χ3n) is 5.34. The highest BCUT2D eigenvalue weighted by atomic mass is 19.1. The standard InChI is InChI=1S/C22H26FN3O2/c1-16-13-18-14-20(7-8-21(18)28-16)24-22(27)26-10-2-9-25(11-12-26)15-17-3-5-19(23)6-4-17/h3-8,14,16H,2,9-13,15H2,1H3,(H,24,27). The fourth-order valence-corrected chi connectivity index (χ4v) is 3.88. The first-order valence-corrected chi connectivity index (χ1v) is 9.89. The number of carbonyl (C=O) groups is 1. The molecule has 1 unspecified atom stereocenters. The molecular formula is C22H26FN3O2. The van der Waals surface area contributed by atoms with Crippen molar-refractivity contribution in [3.8, 4) is 5.75 Å². The Bertz CT molecular complexity index is 840. The van der Waals surface area contributed by atoms with Crippen LogP contribution in [0.3, 0.4) is 0 Å². The molecule has 6 heteroatoms. The summed E-state index contributed by atoms with van der Waals surface area (Å²) < 4.78 is 18.8. The first-order valence-electron chi connectivity index (χ1n) is 9.89. The largest absolute Gasteiger partial charge is 0.490 e. The van der Waals surface area contributed by atoms with Gasteiger partial charge in [-0.25, -0.2) is 9.18 Å². The highest BCUT2D eigenvalue weighted by Gasteiger charge is 2.22. The van der Waals surface area contributed by atoms with Gasteiger partial charge in [0.1, 0.15) is 17.7 Å². The molecule has 2 aromatic carbocycles. The van der Waals surface area contributed by atoms with Crippen molar-refractivity contribution in [3.05, 3.63) is 59.4 Å². The number of benzene rings is 2. The number of nitrogens with one attached hydrogen (secondary N) is 1. The van der Waals surface area contributed by atoms with Crippen molar-refractivity contribution in [2.45, 2.75) is 32.4 Å². The Kier molecular flexibility index (Phi) is 5.48. The normalized spacial score (nSPS) is 19.6. The Morgan fingerprint density at radius 2 is 1.96 bits per heavy atom. The van der Waals surface area contributed by atoms with Gasteiger partial charge in [0.25, 0.3) is 0 Å². The lowest BCUT2D eigenvalue weighted by Gasteiger charge is -2.22. The molecule has 1 saturated heterocycles. The van der Waals surface area contributed by atoms with E-state index >= 15 is 0 Å². The van der Waals surface area contributed by atoms with Gasteiger partial charge in [0.2, 0.25) is 0 Å². The average Bonchev–Trinajstić information content (AvgIpc) is 2.89. The second kappa shape index (κ2) is 8.19. The average molecular weight is 383 g/mol. The second-order valence-electron chi connectivity index (χ2n) is 7.63. The number of amides is 2. The molecule has 4 rings (SSSR count). The highest BCUT2D eigenvalue weighted by Crippen LogP contribution is 2.31. The van der Waals surface area contributed by atoms with E-state index in [2.05, 4.69) is 10.2 Å². The molecule has 0 spiro atoms. The smallest absolute Gasteiger partial charge is 0.321 e. The van der Waals surface area contributed by atoms with Crippen LogP contribution < -0.4 is 10.1 Å². The molecule has 2 aliphatic rings. The van der Waals surface area contributed by atoms with Crippen LogP contribution in [0.1, 0.15) is 24.5 Å². The van der Waals surface area contributed by atoms with Gasteiger partial charge in [0.05, 0.1) is 0 Å². The van der Waals surface area contributed by atoms with Crippen molar-refractivity contribution in [2.75, 3.05) is 31.5 Å². The summed E-state index contributed by atoms with van der Waals surface area (Å²) in [5.41, 5.74) is 3.05. The maximum Gasteiger partial charge on any atom is 0.321 e. The van der Waals surface area contributed by atoms with Crippen molar-refractivity contribution < 1.29 is 13.9 Å². The Morgan fingerprint density at radius 3 is 2.79 bits per heavy atom. The molecule has 2 amide bonds. The second-order valence-corrected chi connectivity index (χ2v) is 7.63. The number of urea groups is 1. The van der Waals surface area contributed by atoms with Crippen LogP contribution in [-0.2, 0) is 13.0 Å². The Hall–Kier alpha value is -2.60. The lowest BCUT2D eigenvalue weighted by atomic mass is 10.1. The van der Waals surface area contributed by atoms with E-state index in [0.717, 1.165) is 61.6 Å². The van der Waals surface area contributed by atoms with E-state index in [1.807, 2.05) is 42.2 Å². The van der Waals surface area contributed by atoms with Crippen LogP contribution in [0.2, 0.25) is 0 Å². The van der Waals surface area contributed by atoms with Crippen molar-refractivity contribution in [3.63, 3.8) is 0 Å². The third kappa shape index (κ3) is 4.44. The molecule has 2 aliphatic heterocycles. The summed E-state index contributed by atoms with van der Waals surface area (Å²) in [5, 5.41) is 3.03. The van der Waals surface area contributed by atoms with Gasteiger partial charge in [0, 0.05) is 44.8 Å². The van der Waals surface area contributed by atoms with Crippen molar-refractivity contribution in [2.24, 2.45) is 0 Å². The predicted octanol–water partition coefficient (Wildman–Crippen LogP) is 3.89. The van der Waals surface area contributed by atoms with Gasteiger partial charge in [-0.15, -0.1) is 0 Å². The zero-order valence-electron chi connectivity index (χ0n) is 16.2. The van der Waals surface area contributed by atoms with E-state index in [1.165, 1.54) is 12.1 Å². The van der Waals surface area contributed by atoms with E-state index in [9.17, 15) is 9.18 Å². The number of rotatable bonds is 3. The number of carbonyl (C=O) groups excluding carboxylic acids is 1. The van der Waals surface area contributed by atoms with Crippen LogP contribution in [0, 0.1) is 5.82 Å². The molecule has 2 aromatic rings. The first kappa shape index (κ1) is 18.7. The molecule has 28 heavy (non-hydrogen) atoms. The van der Waals surface area contributed by atoms with Gasteiger partial charge >= 0.3 is 6.03 Å². The lowest BCUT2D eigenvalue weighted by Crippen LogP contribution is -2.38. The molecule has 0 saturated carbocycles. The van der Waals surface area contributed by atoms with Gasteiger partial charge in [-0.3, -0.25) is 4.90 Å². The predicted molar refractivity (Wildman–Crippen MR) is 107 cm³/mol. The Labute approximate surface area is 165 Å². The highest BCUT2D eigenvalue weighted by molar-refractivity contribution is 5.89. The maximum absolute atomic E-state index is 13.1. The summed E-state index contributed by atoms with van der Waals surface area (Å²) in [7, 11) is 0. The molecule has 0 radical (unpaired) electrons. The summed E-state index contributed by atoms with van der Waals surface area (Å²) in [5.74, 6) is 0.701. The number of hydrogen-bond acceptors (Lipinski definition) is 3. The van der Waals surface area contributed by atoms with E-state index in [4.69, 9.17) is 4.74 Å². The van der Waals surface area contributed by atoms with Gasteiger partial charge < -0.3 is 15.0 Å². The fourth-order valence-electron chi connectivity index (χ4n) is 3.88. The molecular weight excluding hydrogens is 357 g/mol. The fraction of sp³-hybridized carbons (Fsp3) is 0.409. The van der Waals surface area contributed by atoms with E-state index < -0.39 is 0 Å². The number of nitrogens with zero attached hydrogens (tertiary/aromatic N) is 2. The van der Waals surface area contributed by atoms with Crippen LogP contribution in [0.15, 0.2) is 42.5 Å². The summed E-state index contributed by atoms with van der Waals surface area (Å²) in [6.45, 7) is 5.97. The third-order valence-corrected chi connectivity index (χ3v) is 5.34. The first-order chi connectivity index (χ1) is 13.6. The van der Waals surface area contributed by atoms with Crippen molar-refractivity contribution >= 4 is 11.7 Å². The number of fused-ring (bicyclic) bond motifs is 1. The maximum atomic E-state index is 13.1. The Balaban J connectivity index is 1.32. The molecule has 5 nitrogen and oxygen atoms in total. The minimum Gasteiger partial charge on any atom is -0.490 e. The molecule has 148 valence electrons. The minimum absolute atomic E-state index is 0.0597. The molecule has 1 N–H and O–H groups in total. The SMILES string of the molecule is CC1Cc2cc(NC(=O)N3CCCN(Cc4ccc(F)cc4)CC3)ccc2O1. The summed E-state index contributed by atoms with van der Waals surface area (Å²) in [6, 6.07) is 12.4. The van der Waals surface area contributed by atoms with Crippen LogP contribution in [0.25, 0.3) is 0 Å². The van der Waals surface area contributed by atoms with Gasteiger partial charge in [-0.2, -0.15) is 0 Å². The summed E-state index contributed by atoms with van der Waals surface area (Å²) >= 11 is 0. The van der Waals surface area contributed by atoms with Gasteiger partial charge in [-0.1, -0.05) is 12.1 Å². The molecule has 1 fully saturated rings. The number of hydrogen-bond donors (Lipinski definition) is 1. The molecule has 0 aromatic heterocycles. The van der Waals surface area contributed by atoms with Crippen LogP contribution in [0.5, 0.6) is 5.75 Å². The zero-order valence-corrected chi connectivity index (χ0v) is 16.2. The van der Waals surface area contributed by atoms with E-state index in [-0.39, 0.29) is 18.0 Å².